The molecule has 0 radical (unpaired) electrons. The molecule has 8 nitrogen and oxygen atoms in total. The van der Waals surface area contributed by atoms with Crippen LogP contribution in [-0.2, 0) is 0 Å². The molecule has 0 unspecified atom stereocenters. The van der Waals surface area contributed by atoms with Crippen molar-refractivity contribution >= 4 is 28.7 Å². The van der Waals surface area contributed by atoms with E-state index in [0.717, 1.165) is 0 Å². The van der Waals surface area contributed by atoms with E-state index in [9.17, 15) is 15.3 Å². The van der Waals surface area contributed by atoms with Crippen molar-refractivity contribution < 1.29 is 15.3 Å². The number of aliphatic hydroxyl groups excluding tert-OH is 2. The maximum absolute atomic E-state index is 10.1. The lowest BCUT2D eigenvalue weighted by atomic mass is 10.0. The fraction of sp³-hybridized carbons (Fsp3) is 0.545. The summed E-state index contributed by atoms with van der Waals surface area (Å²) in [5, 5.41) is 29.3. The number of halogens is 1. The van der Waals surface area contributed by atoms with Gasteiger partial charge in [-0.1, -0.05) is 11.6 Å². The molecule has 0 aliphatic heterocycles. The molecule has 3 rings (SSSR count). The predicted octanol–water partition coefficient (Wildman–Crippen LogP) is -0.519. The van der Waals surface area contributed by atoms with Gasteiger partial charge in [0.1, 0.15) is 11.1 Å². The molecule has 5 N–H and O–H groups in total. The molecule has 108 valence electrons. The van der Waals surface area contributed by atoms with Gasteiger partial charge >= 0.3 is 0 Å². The van der Waals surface area contributed by atoms with Crippen LogP contribution < -0.4 is 5.73 Å². The van der Waals surface area contributed by atoms with Crippen molar-refractivity contribution in [3.63, 3.8) is 0 Å². The largest absolute Gasteiger partial charge is 0.393 e. The molecule has 2 aromatic rings. The van der Waals surface area contributed by atoms with Crippen molar-refractivity contribution in [3.05, 3.63) is 11.5 Å². The van der Waals surface area contributed by atoms with Gasteiger partial charge in [-0.25, -0.2) is 4.98 Å². The lowest BCUT2D eigenvalue weighted by Gasteiger charge is -2.23. The van der Waals surface area contributed by atoms with E-state index in [0.29, 0.717) is 11.2 Å². The number of anilines is 1. The minimum absolute atomic E-state index is 0.0280. The highest BCUT2D eigenvalue weighted by atomic mass is 35.5. The zero-order valence-corrected chi connectivity index (χ0v) is 11.2. The lowest BCUT2D eigenvalue weighted by molar-refractivity contribution is -0.0855. The molecule has 0 spiro atoms. The minimum atomic E-state index is -1.51. The fourth-order valence-electron chi connectivity index (χ4n) is 2.65. The zero-order valence-electron chi connectivity index (χ0n) is 10.4. The Morgan fingerprint density at radius 2 is 2.25 bits per heavy atom. The molecule has 0 aromatic carbocycles. The first-order valence-electron chi connectivity index (χ1n) is 6.11. The number of nitrogens with zero attached hydrogens (tertiary/aromatic N) is 4. The third-order valence-electron chi connectivity index (χ3n) is 3.77. The monoisotopic (exact) mass is 299 g/mol. The first-order valence-corrected chi connectivity index (χ1v) is 6.49. The van der Waals surface area contributed by atoms with Crippen LogP contribution in [0.5, 0.6) is 0 Å². The van der Waals surface area contributed by atoms with E-state index in [-0.39, 0.29) is 30.0 Å². The number of aliphatic hydroxyl groups is 3. The molecule has 0 saturated heterocycles. The van der Waals surface area contributed by atoms with E-state index in [1.807, 2.05) is 0 Å². The number of aromatic nitrogens is 4. The van der Waals surface area contributed by atoms with E-state index in [4.69, 9.17) is 17.3 Å². The van der Waals surface area contributed by atoms with Gasteiger partial charge in [0.15, 0.2) is 10.8 Å². The van der Waals surface area contributed by atoms with Crippen molar-refractivity contribution in [1.29, 1.82) is 0 Å². The normalized spacial score (nSPS) is 30.2. The quantitative estimate of drug-likeness (QED) is 0.549. The van der Waals surface area contributed by atoms with Crippen LogP contribution in [0.25, 0.3) is 11.2 Å². The van der Waals surface area contributed by atoms with Crippen molar-refractivity contribution in [2.45, 2.75) is 30.6 Å². The van der Waals surface area contributed by atoms with Gasteiger partial charge < -0.3 is 25.6 Å². The predicted molar refractivity (Wildman–Crippen MR) is 71.1 cm³/mol. The summed E-state index contributed by atoms with van der Waals surface area (Å²) in [7, 11) is 0. The van der Waals surface area contributed by atoms with Crippen LogP contribution in [0.15, 0.2) is 6.33 Å². The third-order valence-corrected chi connectivity index (χ3v) is 4.03. The van der Waals surface area contributed by atoms with Crippen molar-refractivity contribution in [3.8, 4) is 0 Å². The van der Waals surface area contributed by atoms with E-state index >= 15 is 0 Å². The molecule has 1 aliphatic carbocycles. The molecule has 20 heavy (non-hydrogen) atoms. The summed E-state index contributed by atoms with van der Waals surface area (Å²) in [6.07, 6.45) is 0.983. The highest BCUT2D eigenvalue weighted by molar-refractivity contribution is 6.33. The molecule has 2 aromatic heterocycles. The molecule has 1 aliphatic rings. The van der Waals surface area contributed by atoms with Crippen molar-refractivity contribution in [1.82, 2.24) is 19.5 Å². The number of hydrogen-bond donors (Lipinski definition) is 4. The number of hydrogen-bond acceptors (Lipinski definition) is 7. The average molecular weight is 300 g/mol. The van der Waals surface area contributed by atoms with Gasteiger partial charge in [-0.05, 0) is 6.42 Å². The van der Waals surface area contributed by atoms with Gasteiger partial charge in [0.2, 0.25) is 5.95 Å². The number of imidazole rings is 1. The zero-order chi connectivity index (χ0) is 14.5. The number of fused-ring (bicyclic) bond motifs is 1. The Bertz CT molecular complexity index is 663. The van der Waals surface area contributed by atoms with Gasteiger partial charge in [0.25, 0.3) is 0 Å². The van der Waals surface area contributed by atoms with E-state index in [1.165, 1.54) is 6.33 Å². The van der Waals surface area contributed by atoms with Crippen LogP contribution in [0.4, 0.5) is 5.95 Å². The van der Waals surface area contributed by atoms with Gasteiger partial charge in [0.05, 0.1) is 19.0 Å². The summed E-state index contributed by atoms with van der Waals surface area (Å²) in [5.41, 5.74) is 4.92. The first kappa shape index (κ1) is 13.5. The van der Waals surface area contributed by atoms with Crippen LogP contribution >= 0.6 is 11.6 Å². The van der Waals surface area contributed by atoms with Crippen LogP contribution in [0.3, 0.4) is 0 Å². The molecule has 2 heterocycles. The smallest absolute Gasteiger partial charge is 0.223 e. The Labute approximate surface area is 118 Å². The van der Waals surface area contributed by atoms with Gasteiger partial charge in [-0.15, -0.1) is 0 Å². The molecular formula is C11H14ClN5O3. The second kappa shape index (κ2) is 4.52. The highest BCUT2D eigenvalue weighted by Gasteiger charge is 2.46. The summed E-state index contributed by atoms with van der Waals surface area (Å²) in [6, 6.07) is -0.252. The molecule has 1 fully saturated rings. The number of nitrogen functional groups attached to an aromatic ring is 1. The summed E-state index contributed by atoms with van der Waals surface area (Å²) in [5.74, 6) is 0.0280. The Morgan fingerprint density at radius 3 is 2.90 bits per heavy atom. The maximum Gasteiger partial charge on any atom is 0.223 e. The molecule has 9 heteroatoms. The topological polar surface area (TPSA) is 130 Å². The second-order valence-electron chi connectivity index (χ2n) is 5.07. The lowest BCUT2D eigenvalue weighted by Crippen LogP contribution is -2.40. The molecule has 0 bridgehead atoms. The van der Waals surface area contributed by atoms with Gasteiger partial charge in [0, 0.05) is 12.5 Å². The molecule has 1 saturated carbocycles. The Balaban J connectivity index is 2.04. The molecule has 3 atom stereocenters. The van der Waals surface area contributed by atoms with Crippen molar-refractivity contribution in [2.24, 2.45) is 0 Å². The summed E-state index contributed by atoms with van der Waals surface area (Å²) < 4.78 is 1.69. The van der Waals surface area contributed by atoms with E-state index in [2.05, 4.69) is 15.0 Å². The van der Waals surface area contributed by atoms with Gasteiger partial charge in [-0.2, -0.15) is 9.97 Å². The number of rotatable bonds is 2. The van der Waals surface area contributed by atoms with Crippen molar-refractivity contribution in [2.75, 3.05) is 12.3 Å². The Kier molecular flexibility index (Phi) is 3.05. The summed E-state index contributed by atoms with van der Waals surface area (Å²) >= 11 is 5.95. The third kappa shape index (κ3) is 1.92. The minimum Gasteiger partial charge on any atom is -0.393 e. The average Bonchev–Trinajstić information content (AvgIpc) is 2.92. The Morgan fingerprint density at radius 1 is 1.50 bits per heavy atom. The molecule has 0 amide bonds. The first-order chi connectivity index (χ1) is 9.44. The van der Waals surface area contributed by atoms with E-state index in [1.54, 1.807) is 4.57 Å². The van der Waals surface area contributed by atoms with Crippen LogP contribution in [0.2, 0.25) is 5.15 Å². The standard InChI is InChI=1S/C11H14ClN5O3/c12-8-7-9(16-10(13)15-8)17(4-14-7)5-1-6(19)11(20,2-5)3-18/h4-6,18-20H,1-3H2,(H2,13,15,16)/t5-,6+,11+/m1/s1. The fourth-order valence-corrected chi connectivity index (χ4v) is 2.87. The van der Waals surface area contributed by atoms with E-state index < -0.39 is 18.3 Å². The Hall–Kier alpha value is -1.48. The molecular weight excluding hydrogens is 286 g/mol. The van der Waals surface area contributed by atoms with Crippen LogP contribution in [0, 0.1) is 0 Å². The second-order valence-corrected chi connectivity index (χ2v) is 5.43. The van der Waals surface area contributed by atoms with Crippen LogP contribution in [0.1, 0.15) is 18.9 Å². The number of nitrogens with two attached hydrogens (primary N) is 1. The summed E-state index contributed by atoms with van der Waals surface area (Å²) in [4.78, 5) is 12.0. The highest BCUT2D eigenvalue weighted by Crippen LogP contribution is 2.39. The van der Waals surface area contributed by atoms with Crippen LogP contribution in [-0.4, -0.2) is 53.2 Å². The maximum atomic E-state index is 10.1. The summed E-state index contributed by atoms with van der Waals surface area (Å²) in [6.45, 7) is -0.505. The SMILES string of the molecule is Nc1nc(Cl)c2ncn([C@@H]3C[C@H](O)[C@@](O)(CO)C3)c2n1. The van der Waals surface area contributed by atoms with Gasteiger partial charge in [-0.3, -0.25) is 0 Å².